The van der Waals surface area contributed by atoms with Gasteiger partial charge in [0.25, 0.3) is 0 Å². The molecule has 0 fully saturated rings. The molecule has 0 saturated heterocycles. The molecule has 28 heavy (non-hydrogen) atoms. The van der Waals surface area contributed by atoms with Gasteiger partial charge in [-0.25, -0.2) is 4.39 Å². The van der Waals surface area contributed by atoms with Gasteiger partial charge in [0.05, 0.1) is 5.69 Å². The van der Waals surface area contributed by atoms with E-state index in [1.54, 1.807) is 0 Å². The summed E-state index contributed by atoms with van der Waals surface area (Å²) in [7, 11) is 0. The maximum atomic E-state index is 13.5. The van der Waals surface area contributed by atoms with Gasteiger partial charge < -0.3 is 10.3 Å². The van der Waals surface area contributed by atoms with Gasteiger partial charge in [-0.15, -0.1) is 0 Å². The van der Waals surface area contributed by atoms with Crippen LogP contribution in [0.4, 0.5) is 4.39 Å². The molecule has 0 saturated carbocycles. The average Bonchev–Trinajstić information content (AvgIpc) is 3.05. The van der Waals surface area contributed by atoms with Crippen LogP contribution < -0.4 is 5.32 Å². The Hall–Kier alpha value is -2.72. The van der Waals surface area contributed by atoms with Crippen LogP contribution in [-0.2, 0) is 0 Å². The highest BCUT2D eigenvalue weighted by molar-refractivity contribution is 5.91. The Labute approximate surface area is 165 Å². The van der Waals surface area contributed by atoms with E-state index in [2.05, 4.69) is 55.3 Å². The topological polar surface area (TPSA) is 40.7 Å². The lowest BCUT2D eigenvalue weighted by Crippen LogP contribution is -2.53. The fourth-order valence-electron chi connectivity index (χ4n) is 4.43. The maximum absolute atomic E-state index is 13.5. The van der Waals surface area contributed by atoms with Gasteiger partial charge in [-0.1, -0.05) is 6.08 Å². The summed E-state index contributed by atoms with van der Waals surface area (Å²) in [5.74, 6) is -0.231. The number of halogens is 1. The molecule has 144 valence electrons. The zero-order valence-electron chi connectivity index (χ0n) is 16.8. The van der Waals surface area contributed by atoms with Crippen LogP contribution in [0, 0.1) is 5.82 Å². The third kappa shape index (κ3) is 3.65. The molecule has 0 radical (unpaired) electrons. The van der Waals surface area contributed by atoms with E-state index in [-0.39, 0.29) is 16.9 Å². The van der Waals surface area contributed by atoms with E-state index < -0.39 is 0 Å². The van der Waals surface area contributed by atoms with Gasteiger partial charge in [0.2, 0.25) is 0 Å². The smallest absolute Gasteiger partial charge is 0.123 e. The molecule has 0 unspecified atom stereocenters. The summed E-state index contributed by atoms with van der Waals surface area (Å²) < 4.78 is 13.5. The minimum atomic E-state index is -0.231. The zero-order valence-corrected chi connectivity index (χ0v) is 16.8. The van der Waals surface area contributed by atoms with Gasteiger partial charge in [-0.3, -0.25) is 4.98 Å². The monoisotopic (exact) mass is 375 g/mol. The summed E-state index contributed by atoms with van der Waals surface area (Å²) in [6.45, 7) is 8.88. The Balaban J connectivity index is 1.92. The number of rotatable bonds is 3. The van der Waals surface area contributed by atoms with Crippen molar-refractivity contribution >= 4 is 5.57 Å². The number of nitrogens with zero attached hydrogens (tertiary/aromatic N) is 1. The second kappa shape index (κ2) is 6.71. The molecule has 1 aliphatic rings. The van der Waals surface area contributed by atoms with Crippen LogP contribution in [0.15, 0.2) is 61.1 Å². The van der Waals surface area contributed by atoms with Gasteiger partial charge >= 0.3 is 0 Å². The van der Waals surface area contributed by atoms with E-state index in [1.807, 2.05) is 36.7 Å². The lowest BCUT2D eigenvalue weighted by atomic mass is 9.80. The van der Waals surface area contributed by atoms with E-state index >= 15 is 0 Å². The molecular weight excluding hydrogens is 349 g/mol. The number of aromatic nitrogens is 2. The van der Waals surface area contributed by atoms with E-state index in [1.165, 1.54) is 23.3 Å². The second-order valence-corrected chi connectivity index (χ2v) is 8.77. The molecule has 3 heterocycles. The third-order valence-electron chi connectivity index (χ3n) is 5.16. The Morgan fingerprint density at radius 1 is 0.929 bits per heavy atom. The first kappa shape index (κ1) is 18.6. The van der Waals surface area contributed by atoms with Crippen molar-refractivity contribution in [1.29, 1.82) is 0 Å². The molecule has 2 N–H and O–H groups in total. The molecule has 3 aromatic rings. The van der Waals surface area contributed by atoms with Crippen LogP contribution in [0.3, 0.4) is 0 Å². The molecule has 1 aliphatic heterocycles. The van der Waals surface area contributed by atoms with Crippen molar-refractivity contribution in [3.8, 4) is 22.4 Å². The van der Waals surface area contributed by atoms with Gasteiger partial charge in [0.15, 0.2) is 0 Å². The van der Waals surface area contributed by atoms with Crippen LogP contribution in [0.1, 0.15) is 39.7 Å². The fourth-order valence-corrected chi connectivity index (χ4v) is 4.43. The van der Waals surface area contributed by atoms with Gasteiger partial charge in [0.1, 0.15) is 5.82 Å². The standard InChI is InChI=1S/C24H26FN3/c1-23(2)13-18(14-24(3,4)28-23)20-15-27-22(17-5-7-19(25)8-6-17)21(20)16-9-11-26-12-10-16/h5-13,15,27-28H,14H2,1-4H3. The number of nitrogens with one attached hydrogen (secondary N) is 2. The van der Waals surface area contributed by atoms with Crippen molar-refractivity contribution in [2.75, 3.05) is 0 Å². The van der Waals surface area contributed by atoms with Crippen molar-refractivity contribution in [2.24, 2.45) is 0 Å². The lowest BCUT2D eigenvalue weighted by molar-refractivity contribution is 0.297. The van der Waals surface area contributed by atoms with E-state index in [4.69, 9.17) is 0 Å². The van der Waals surface area contributed by atoms with Crippen LogP contribution in [0.25, 0.3) is 28.0 Å². The highest BCUT2D eigenvalue weighted by Gasteiger charge is 2.33. The van der Waals surface area contributed by atoms with Crippen molar-refractivity contribution in [3.63, 3.8) is 0 Å². The quantitative estimate of drug-likeness (QED) is 0.606. The molecule has 0 spiro atoms. The average molecular weight is 375 g/mol. The Morgan fingerprint density at radius 3 is 2.25 bits per heavy atom. The summed E-state index contributed by atoms with van der Waals surface area (Å²) in [5, 5.41) is 3.70. The van der Waals surface area contributed by atoms with Crippen LogP contribution >= 0.6 is 0 Å². The molecular formula is C24H26FN3. The normalized spacial score (nSPS) is 18.0. The van der Waals surface area contributed by atoms with E-state index in [9.17, 15) is 4.39 Å². The van der Waals surface area contributed by atoms with E-state index in [0.717, 1.165) is 28.8 Å². The molecule has 0 atom stereocenters. The molecule has 3 nitrogen and oxygen atoms in total. The second-order valence-electron chi connectivity index (χ2n) is 8.77. The molecule has 0 bridgehead atoms. The molecule has 1 aromatic carbocycles. The van der Waals surface area contributed by atoms with Crippen molar-refractivity contribution in [3.05, 3.63) is 72.4 Å². The van der Waals surface area contributed by atoms with Gasteiger partial charge in [-0.2, -0.15) is 0 Å². The Kier molecular flexibility index (Phi) is 4.47. The predicted molar refractivity (Wildman–Crippen MR) is 113 cm³/mol. The van der Waals surface area contributed by atoms with Crippen molar-refractivity contribution < 1.29 is 4.39 Å². The maximum Gasteiger partial charge on any atom is 0.123 e. The predicted octanol–water partition coefficient (Wildman–Crippen LogP) is 5.82. The number of pyridine rings is 1. The number of aromatic amines is 1. The van der Waals surface area contributed by atoms with Crippen molar-refractivity contribution in [1.82, 2.24) is 15.3 Å². The molecule has 4 rings (SSSR count). The van der Waals surface area contributed by atoms with Gasteiger partial charge in [-0.05, 0) is 87.2 Å². The molecule has 0 amide bonds. The summed E-state index contributed by atoms with van der Waals surface area (Å²) in [6.07, 6.45) is 8.95. The van der Waals surface area contributed by atoms with Gasteiger partial charge in [0, 0.05) is 40.8 Å². The number of hydrogen-bond donors (Lipinski definition) is 2. The lowest BCUT2D eigenvalue weighted by Gasteiger charge is -2.41. The third-order valence-corrected chi connectivity index (χ3v) is 5.16. The highest BCUT2D eigenvalue weighted by atomic mass is 19.1. The fraction of sp³-hybridized carbons (Fsp3) is 0.292. The molecule has 4 heteroatoms. The van der Waals surface area contributed by atoms with E-state index in [0.29, 0.717) is 0 Å². The summed E-state index contributed by atoms with van der Waals surface area (Å²) >= 11 is 0. The van der Waals surface area contributed by atoms with Crippen LogP contribution in [-0.4, -0.2) is 21.0 Å². The minimum Gasteiger partial charge on any atom is -0.360 e. The first-order chi connectivity index (χ1) is 13.2. The highest BCUT2D eigenvalue weighted by Crippen LogP contribution is 2.42. The number of H-pyrrole nitrogens is 1. The number of hydrogen-bond acceptors (Lipinski definition) is 2. The zero-order chi connectivity index (χ0) is 19.9. The Morgan fingerprint density at radius 2 is 1.61 bits per heavy atom. The largest absolute Gasteiger partial charge is 0.360 e. The summed E-state index contributed by atoms with van der Waals surface area (Å²) in [5.41, 5.74) is 6.59. The Bertz CT molecular complexity index is 1010. The molecule has 0 aliphatic carbocycles. The van der Waals surface area contributed by atoms with Crippen LogP contribution in [0.5, 0.6) is 0 Å². The van der Waals surface area contributed by atoms with Crippen LogP contribution in [0.2, 0.25) is 0 Å². The first-order valence-electron chi connectivity index (χ1n) is 9.63. The number of benzene rings is 1. The summed E-state index contributed by atoms with van der Waals surface area (Å²) in [6, 6.07) is 10.7. The molecule has 2 aromatic heterocycles. The summed E-state index contributed by atoms with van der Waals surface area (Å²) in [4.78, 5) is 7.63. The SMILES string of the molecule is CC1(C)C=C(c2c[nH]c(-c3ccc(F)cc3)c2-c2ccncc2)CC(C)(C)N1. The van der Waals surface area contributed by atoms with Crippen molar-refractivity contribution in [2.45, 2.75) is 45.2 Å². The first-order valence-corrected chi connectivity index (χ1v) is 9.63. The minimum absolute atomic E-state index is 0.00357.